The van der Waals surface area contributed by atoms with E-state index in [0.717, 1.165) is 11.6 Å². The second kappa shape index (κ2) is 4.30. The van der Waals surface area contributed by atoms with Crippen molar-refractivity contribution in [2.45, 2.75) is 13.3 Å². The second-order valence-electron chi connectivity index (χ2n) is 5.06. The smallest absolute Gasteiger partial charge is 0.251 e. The first-order valence-electron chi connectivity index (χ1n) is 6.21. The number of benzene rings is 1. The molecule has 1 N–H and O–H groups in total. The molecule has 0 spiro atoms. The van der Waals surface area contributed by atoms with E-state index in [1.54, 1.807) is 12.1 Å². The van der Waals surface area contributed by atoms with Gasteiger partial charge in [0.15, 0.2) is 5.83 Å². The molecular weight excluding hydrogens is 248 g/mol. The van der Waals surface area contributed by atoms with E-state index in [9.17, 15) is 13.6 Å². The van der Waals surface area contributed by atoms with Gasteiger partial charge in [-0.1, -0.05) is 17.7 Å². The Balaban J connectivity index is 0.00000147. The van der Waals surface area contributed by atoms with Crippen molar-refractivity contribution < 1.29 is 15.0 Å². The van der Waals surface area contributed by atoms with Gasteiger partial charge >= 0.3 is 0 Å². The Kier molecular flexibility index (Phi) is 2.73. The van der Waals surface area contributed by atoms with Crippen LogP contribution >= 0.6 is 0 Å². The van der Waals surface area contributed by atoms with Gasteiger partial charge in [0, 0.05) is 18.6 Å². The summed E-state index contributed by atoms with van der Waals surface area (Å²) in [4.78, 5) is 12.1. The average molecular weight is 263 g/mol. The predicted octanol–water partition coefficient (Wildman–Crippen LogP) is 3.91. The van der Waals surface area contributed by atoms with E-state index in [-0.39, 0.29) is 13.3 Å². The highest BCUT2D eigenvalue weighted by Gasteiger charge is 2.49. The van der Waals surface area contributed by atoms with Gasteiger partial charge in [0.05, 0.1) is 0 Å². The van der Waals surface area contributed by atoms with Crippen LogP contribution in [0.4, 0.5) is 14.5 Å². The number of hydrogen-bond acceptors (Lipinski definition) is 1. The number of fused-ring (bicyclic) bond motifs is 1. The van der Waals surface area contributed by atoms with E-state index >= 15 is 0 Å². The lowest BCUT2D eigenvalue weighted by atomic mass is 10.0. The molecule has 1 aromatic carbocycles. The summed E-state index contributed by atoms with van der Waals surface area (Å²) in [6.07, 6.45) is 1.54. The van der Waals surface area contributed by atoms with Crippen molar-refractivity contribution in [3.63, 3.8) is 0 Å². The molecule has 0 heterocycles. The highest BCUT2D eigenvalue weighted by molar-refractivity contribution is 6.05. The number of aryl methyl sites for hydroxylation is 1. The number of amides is 1. The minimum atomic E-state index is -0.909. The molecule has 2 atom stereocenters. The van der Waals surface area contributed by atoms with Gasteiger partial charge in [0.2, 0.25) is 0 Å². The van der Waals surface area contributed by atoms with Crippen LogP contribution in [0, 0.1) is 18.8 Å². The first-order chi connectivity index (χ1) is 9.06. The molecule has 4 heteroatoms. The van der Waals surface area contributed by atoms with Crippen LogP contribution in [-0.4, -0.2) is 5.91 Å². The first kappa shape index (κ1) is 12.1. The number of halogens is 2. The molecule has 0 radical (unpaired) electrons. The lowest BCUT2D eigenvalue weighted by Crippen LogP contribution is -2.17. The summed E-state index contributed by atoms with van der Waals surface area (Å²) in [7, 11) is 0. The molecule has 1 fully saturated rings. The largest absolute Gasteiger partial charge is 0.322 e. The molecule has 0 aliphatic heterocycles. The number of carbonyl (C=O) groups excluding carboxylic acids is 1. The van der Waals surface area contributed by atoms with Gasteiger partial charge in [0.1, 0.15) is 5.83 Å². The standard InChI is InChI=1S/C15H13F2NO.H2/c1-8-2-4-9(5-3-8)18-15(19)12-7-13(16)14(17)11-6-10(11)12;/h2-5,7,10-11H,6H2,1H3,(H,18,19);1H. The highest BCUT2D eigenvalue weighted by atomic mass is 19.2. The van der Waals surface area contributed by atoms with Crippen molar-refractivity contribution in [2.24, 2.45) is 11.8 Å². The van der Waals surface area contributed by atoms with Gasteiger partial charge in [-0.25, -0.2) is 8.78 Å². The number of hydrogen-bond donors (Lipinski definition) is 1. The quantitative estimate of drug-likeness (QED) is 0.861. The predicted molar refractivity (Wildman–Crippen MR) is 70.8 cm³/mol. The van der Waals surface area contributed by atoms with Crippen molar-refractivity contribution in [3.05, 3.63) is 53.1 Å². The topological polar surface area (TPSA) is 29.1 Å². The van der Waals surface area contributed by atoms with Gasteiger partial charge < -0.3 is 5.32 Å². The molecule has 2 unspecified atom stereocenters. The molecule has 2 aliphatic rings. The van der Waals surface area contributed by atoms with Crippen LogP contribution in [0.25, 0.3) is 0 Å². The molecule has 1 aromatic rings. The normalized spacial score (nSPS) is 24.7. The first-order valence-corrected chi connectivity index (χ1v) is 6.21. The van der Waals surface area contributed by atoms with Crippen LogP contribution in [0.3, 0.4) is 0 Å². The molecule has 0 bridgehead atoms. The molecule has 1 amide bonds. The van der Waals surface area contributed by atoms with Crippen LogP contribution in [-0.2, 0) is 4.79 Å². The monoisotopic (exact) mass is 263 g/mol. The summed E-state index contributed by atoms with van der Waals surface area (Å²) in [5.74, 6) is -2.56. The van der Waals surface area contributed by atoms with Crippen molar-refractivity contribution in [3.8, 4) is 0 Å². The summed E-state index contributed by atoms with van der Waals surface area (Å²) >= 11 is 0. The maximum absolute atomic E-state index is 13.3. The summed E-state index contributed by atoms with van der Waals surface area (Å²) in [6.45, 7) is 1.95. The zero-order chi connectivity index (χ0) is 13.6. The molecule has 3 rings (SSSR count). The molecule has 100 valence electrons. The fourth-order valence-corrected chi connectivity index (χ4v) is 2.38. The minimum Gasteiger partial charge on any atom is -0.322 e. The molecular formula is C15H15F2NO. The third kappa shape index (κ3) is 2.18. The maximum atomic E-state index is 13.3. The zero-order valence-electron chi connectivity index (χ0n) is 10.4. The van der Waals surface area contributed by atoms with E-state index in [4.69, 9.17) is 0 Å². The van der Waals surface area contributed by atoms with Crippen LogP contribution in [0.1, 0.15) is 13.4 Å². The minimum absolute atomic E-state index is 0. The summed E-state index contributed by atoms with van der Waals surface area (Å²) in [5.41, 5.74) is 2.08. The fourth-order valence-electron chi connectivity index (χ4n) is 2.38. The van der Waals surface area contributed by atoms with E-state index < -0.39 is 17.6 Å². The Morgan fingerprint density at radius 3 is 2.63 bits per heavy atom. The Bertz CT molecular complexity index is 607. The van der Waals surface area contributed by atoms with Crippen molar-refractivity contribution >= 4 is 11.6 Å². The molecule has 2 aliphatic carbocycles. The third-order valence-electron chi connectivity index (χ3n) is 3.60. The van der Waals surface area contributed by atoms with Crippen LogP contribution < -0.4 is 5.32 Å². The van der Waals surface area contributed by atoms with Crippen molar-refractivity contribution in [1.82, 2.24) is 0 Å². The van der Waals surface area contributed by atoms with Crippen molar-refractivity contribution in [2.75, 3.05) is 5.32 Å². The summed E-state index contributed by atoms with van der Waals surface area (Å²) in [6, 6.07) is 7.33. The second-order valence-corrected chi connectivity index (χ2v) is 5.06. The van der Waals surface area contributed by atoms with Gasteiger partial charge in [-0.3, -0.25) is 4.79 Å². The Morgan fingerprint density at radius 1 is 1.26 bits per heavy atom. The average Bonchev–Trinajstić information content (AvgIpc) is 3.17. The number of carbonyl (C=O) groups is 1. The number of anilines is 1. The van der Waals surface area contributed by atoms with E-state index in [2.05, 4.69) is 5.32 Å². The maximum Gasteiger partial charge on any atom is 0.251 e. The molecule has 1 saturated carbocycles. The Labute approximate surface area is 111 Å². The lowest BCUT2D eigenvalue weighted by molar-refractivity contribution is -0.113. The highest BCUT2D eigenvalue weighted by Crippen LogP contribution is 2.53. The SMILES string of the molecule is Cc1ccc(NC(=O)C2=CC(F)=C(F)C3CC23)cc1.[HH]. The van der Waals surface area contributed by atoms with E-state index in [1.807, 2.05) is 19.1 Å². The van der Waals surface area contributed by atoms with Crippen LogP contribution in [0.2, 0.25) is 0 Å². The Hall–Kier alpha value is -1.97. The number of nitrogens with one attached hydrogen (secondary N) is 1. The summed E-state index contributed by atoms with van der Waals surface area (Å²) in [5, 5.41) is 2.71. The lowest BCUT2D eigenvalue weighted by Gasteiger charge is -2.12. The Morgan fingerprint density at radius 2 is 1.95 bits per heavy atom. The van der Waals surface area contributed by atoms with Gasteiger partial charge in [-0.15, -0.1) is 0 Å². The molecule has 0 aromatic heterocycles. The molecule has 19 heavy (non-hydrogen) atoms. The van der Waals surface area contributed by atoms with Gasteiger partial charge in [0.25, 0.3) is 5.91 Å². The zero-order valence-corrected chi connectivity index (χ0v) is 10.4. The van der Waals surface area contributed by atoms with Gasteiger partial charge in [-0.2, -0.15) is 0 Å². The van der Waals surface area contributed by atoms with Crippen LogP contribution in [0.15, 0.2) is 47.6 Å². The number of allylic oxidation sites excluding steroid dienone is 3. The van der Waals surface area contributed by atoms with E-state index in [1.165, 1.54) is 0 Å². The van der Waals surface area contributed by atoms with Crippen molar-refractivity contribution in [1.29, 1.82) is 0 Å². The third-order valence-corrected chi connectivity index (χ3v) is 3.60. The molecule has 2 nitrogen and oxygen atoms in total. The fraction of sp³-hybridized carbons (Fsp3) is 0.267. The van der Waals surface area contributed by atoms with E-state index in [0.29, 0.717) is 17.7 Å². The van der Waals surface area contributed by atoms with Gasteiger partial charge in [-0.05, 0) is 37.5 Å². The van der Waals surface area contributed by atoms with Crippen LogP contribution in [0.5, 0.6) is 0 Å². The molecule has 0 saturated heterocycles. The summed E-state index contributed by atoms with van der Waals surface area (Å²) < 4.78 is 26.6. The number of rotatable bonds is 2.